The molecule has 0 radical (unpaired) electrons. The van der Waals surface area contributed by atoms with Crippen molar-refractivity contribution in [2.45, 2.75) is 45.1 Å². The smallest absolute Gasteiger partial charge is 0.238 e. The Morgan fingerprint density at radius 1 is 1.30 bits per heavy atom. The number of anilines is 1. The summed E-state index contributed by atoms with van der Waals surface area (Å²) >= 11 is 5.89. The fraction of sp³-hybridized carbons (Fsp3) is 0.562. The van der Waals surface area contributed by atoms with Gasteiger partial charge in [0.2, 0.25) is 5.91 Å². The molecule has 1 aliphatic carbocycles. The third kappa shape index (κ3) is 5.14. The third-order valence-electron chi connectivity index (χ3n) is 3.92. The maximum atomic E-state index is 11.9. The zero-order valence-electron chi connectivity index (χ0n) is 12.0. The minimum Gasteiger partial charge on any atom is -0.325 e. The lowest BCUT2D eigenvalue weighted by molar-refractivity contribution is -0.115. The first-order chi connectivity index (χ1) is 9.63. The fourth-order valence-corrected chi connectivity index (χ4v) is 2.89. The molecule has 4 heteroatoms. The van der Waals surface area contributed by atoms with Crippen LogP contribution in [0, 0.1) is 5.92 Å². The molecule has 1 aromatic carbocycles. The zero-order chi connectivity index (χ0) is 14.4. The van der Waals surface area contributed by atoms with Crippen molar-refractivity contribution in [3.05, 3.63) is 29.3 Å². The van der Waals surface area contributed by atoms with E-state index in [1.165, 1.54) is 32.1 Å². The number of carbonyl (C=O) groups is 1. The summed E-state index contributed by atoms with van der Waals surface area (Å²) < 4.78 is 0. The quantitative estimate of drug-likeness (QED) is 0.829. The molecule has 1 amide bonds. The Morgan fingerprint density at radius 2 is 2.15 bits per heavy atom. The van der Waals surface area contributed by atoms with Crippen LogP contribution in [-0.4, -0.2) is 18.5 Å². The fourth-order valence-electron chi connectivity index (χ4n) is 2.70. The number of rotatable bonds is 4. The van der Waals surface area contributed by atoms with Crippen LogP contribution in [0.4, 0.5) is 5.69 Å². The van der Waals surface area contributed by atoms with E-state index in [4.69, 9.17) is 11.6 Å². The van der Waals surface area contributed by atoms with Gasteiger partial charge < -0.3 is 10.6 Å². The van der Waals surface area contributed by atoms with Gasteiger partial charge in [0.25, 0.3) is 0 Å². The van der Waals surface area contributed by atoms with E-state index in [1.807, 2.05) is 12.1 Å². The van der Waals surface area contributed by atoms with Crippen LogP contribution >= 0.6 is 11.6 Å². The lowest BCUT2D eigenvalue weighted by atomic mass is 10.0. The van der Waals surface area contributed by atoms with Crippen molar-refractivity contribution in [2.75, 3.05) is 11.9 Å². The van der Waals surface area contributed by atoms with Crippen LogP contribution in [0.1, 0.15) is 39.0 Å². The van der Waals surface area contributed by atoms with E-state index in [1.54, 1.807) is 12.1 Å². The summed E-state index contributed by atoms with van der Waals surface area (Å²) in [7, 11) is 0. The largest absolute Gasteiger partial charge is 0.325 e. The van der Waals surface area contributed by atoms with Gasteiger partial charge in [0.15, 0.2) is 0 Å². The summed E-state index contributed by atoms with van der Waals surface area (Å²) in [5, 5.41) is 6.87. The van der Waals surface area contributed by atoms with Crippen LogP contribution in [-0.2, 0) is 4.79 Å². The van der Waals surface area contributed by atoms with E-state index in [9.17, 15) is 4.79 Å². The molecule has 1 saturated carbocycles. The van der Waals surface area contributed by atoms with E-state index in [2.05, 4.69) is 17.6 Å². The Kier molecular flexibility index (Phi) is 5.86. The number of amides is 1. The van der Waals surface area contributed by atoms with Crippen molar-refractivity contribution in [3.63, 3.8) is 0 Å². The van der Waals surface area contributed by atoms with E-state index in [-0.39, 0.29) is 5.91 Å². The predicted octanol–water partition coefficient (Wildman–Crippen LogP) is 3.84. The highest BCUT2D eigenvalue weighted by molar-refractivity contribution is 6.30. The molecule has 3 nitrogen and oxygen atoms in total. The van der Waals surface area contributed by atoms with Gasteiger partial charge in [-0.1, -0.05) is 37.4 Å². The molecule has 2 atom stereocenters. The molecule has 2 unspecified atom stereocenters. The van der Waals surface area contributed by atoms with Crippen molar-refractivity contribution < 1.29 is 4.79 Å². The summed E-state index contributed by atoms with van der Waals surface area (Å²) in [5.41, 5.74) is 0.749. The summed E-state index contributed by atoms with van der Waals surface area (Å²) in [6, 6.07) is 7.70. The van der Waals surface area contributed by atoms with Gasteiger partial charge in [-0.05, 0) is 43.4 Å². The van der Waals surface area contributed by atoms with Crippen molar-refractivity contribution >= 4 is 23.2 Å². The van der Waals surface area contributed by atoms with Crippen molar-refractivity contribution in [3.8, 4) is 0 Å². The van der Waals surface area contributed by atoms with E-state index >= 15 is 0 Å². The van der Waals surface area contributed by atoms with Gasteiger partial charge in [0.05, 0.1) is 6.54 Å². The highest BCUT2D eigenvalue weighted by Gasteiger charge is 2.16. The van der Waals surface area contributed by atoms with Crippen LogP contribution in [0.25, 0.3) is 0 Å². The molecule has 1 aliphatic rings. The first kappa shape index (κ1) is 15.3. The number of hydrogen-bond donors (Lipinski definition) is 2. The van der Waals surface area contributed by atoms with Gasteiger partial charge in [0, 0.05) is 16.8 Å². The molecular formula is C16H23ClN2O. The Bertz CT molecular complexity index is 450. The standard InChI is InChI=1S/C16H23ClN2O/c1-12-4-2-6-14(9-8-12)18-11-16(20)19-15-7-3-5-13(17)10-15/h3,5,7,10,12,14,18H,2,4,6,8-9,11H2,1H3,(H,19,20). The van der Waals surface area contributed by atoms with Crippen LogP contribution in [0.2, 0.25) is 5.02 Å². The molecule has 0 saturated heterocycles. The second-order valence-electron chi connectivity index (χ2n) is 5.75. The number of hydrogen-bond acceptors (Lipinski definition) is 2. The molecule has 2 rings (SSSR count). The average Bonchev–Trinajstić information content (AvgIpc) is 2.61. The van der Waals surface area contributed by atoms with Crippen LogP contribution in [0.3, 0.4) is 0 Å². The Balaban J connectivity index is 1.74. The average molecular weight is 295 g/mol. The van der Waals surface area contributed by atoms with Gasteiger partial charge in [-0.15, -0.1) is 0 Å². The minimum absolute atomic E-state index is 0.00966. The molecule has 110 valence electrons. The van der Waals surface area contributed by atoms with Gasteiger partial charge in [-0.25, -0.2) is 0 Å². The van der Waals surface area contributed by atoms with Gasteiger partial charge in [-0.3, -0.25) is 4.79 Å². The number of halogens is 1. The van der Waals surface area contributed by atoms with Crippen LogP contribution in [0.5, 0.6) is 0 Å². The Hall–Kier alpha value is -1.06. The second kappa shape index (κ2) is 7.65. The van der Waals surface area contributed by atoms with Gasteiger partial charge >= 0.3 is 0 Å². The second-order valence-corrected chi connectivity index (χ2v) is 6.19. The van der Waals surface area contributed by atoms with Crippen LogP contribution in [0.15, 0.2) is 24.3 Å². The SMILES string of the molecule is CC1CCCC(NCC(=O)Nc2cccc(Cl)c2)CC1. The summed E-state index contributed by atoms with van der Waals surface area (Å²) in [4.78, 5) is 11.9. The molecule has 0 heterocycles. The topological polar surface area (TPSA) is 41.1 Å². The van der Waals surface area contributed by atoms with Gasteiger partial charge in [-0.2, -0.15) is 0 Å². The maximum Gasteiger partial charge on any atom is 0.238 e. The molecule has 0 spiro atoms. The van der Waals surface area contributed by atoms with Crippen molar-refractivity contribution in [1.82, 2.24) is 5.32 Å². The third-order valence-corrected chi connectivity index (χ3v) is 4.15. The molecule has 20 heavy (non-hydrogen) atoms. The summed E-state index contributed by atoms with van der Waals surface area (Å²) in [6.45, 7) is 2.68. The molecule has 0 bridgehead atoms. The molecule has 1 aromatic rings. The highest BCUT2D eigenvalue weighted by atomic mass is 35.5. The number of carbonyl (C=O) groups excluding carboxylic acids is 1. The maximum absolute atomic E-state index is 11.9. The summed E-state index contributed by atoms with van der Waals surface area (Å²) in [6.07, 6.45) is 6.18. The number of benzene rings is 1. The predicted molar refractivity (Wildman–Crippen MR) is 84.1 cm³/mol. The first-order valence-electron chi connectivity index (χ1n) is 7.42. The molecule has 2 N–H and O–H groups in total. The minimum atomic E-state index is -0.00966. The first-order valence-corrected chi connectivity index (χ1v) is 7.80. The Labute approximate surface area is 126 Å². The number of nitrogens with one attached hydrogen (secondary N) is 2. The lowest BCUT2D eigenvalue weighted by Crippen LogP contribution is -2.35. The van der Waals surface area contributed by atoms with E-state index in [0.717, 1.165) is 11.6 Å². The Morgan fingerprint density at radius 3 is 2.95 bits per heavy atom. The van der Waals surface area contributed by atoms with E-state index < -0.39 is 0 Å². The summed E-state index contributed by atoms with van der Waals surface area (Å²) in [5.74, 6) is 0.812. The lowest BCUT2D eigenvalue weighted by Gasteiger charge is -2.16. The molecule has 0 aromatic heterocycles. The van der Waals surface area contributed by atoms with Gasteiger partial charge in [0.1, 0.15) is 0 Å². The van der Waals surface area contributed by atoms with Crippen LogP contribution < -0.4 is 10.6 Å². The molecular weight excluding hydrogens is 272 g/mol. The van der Waals surface area contributed by atoms with E-state index in [0.29, 0.717) is 17.6 Å². The van der Waals surface area contributed by atoms with Crippen molar-refractivity contribution in [1.29, 1.82) is 0 Å². The zero-order valence-corrected chi connectivity index (χ0v) is 12.7. The normalized spacial score (nSPS) is 23.1. The molecule has 0 aliphatic heterocycles. The monoisotopic (exact) mass is 294 g/mol. The van der Waals surface area contributed by atoms with Crippen molar-refractivity contribution in [2.24, 2.45) is 5.92 Å². The highest BCUT2D eigenvalue weighted by Crippen LogP contribution is 2.22. The molecule has 1 fully saturated rings.